The minimum absolute atomic E-state index is 0.0446. The number of rotatable bonds is 9. The molecule has 10 nitrogen and oxygen atoms in total. The average molecular weight is 1480 g/mol. The number of benzene rings is 16. The van der Waals surface area contributed by atoms with E-state index in [1.54, 1.807) is 0 Å². The lowest BCUT2D eigenvalue weighted by Crippen LogP contribution is -2.14. The van der Waals surface area contributed by atoms with Gasteiger partial charge in [-0.2, -0.15) is 17.5 Å². The van der Waals surface area contributed by atoms with Gasteiger partial charge in [-0.3, -0.25) is 0 Å². The molecule has 16 aromatic carbocycles. The summed E-state index contributed by atoms with van der Waals surface area (Å²) in [6.45, 7) is 4.66. The normalized spacial score (nSPS) is 12.4. The summed E-state index contributed by atoms with van der Waals surface area (Å²) in [7, 11) is 0. The van der Waals surface area contributed by atoms with Crippen molar-refractivity contribution in [1.82, 2.24) is 47.4 Å². The molecule has 0 fully saturated rings. The summed E-state index contributed by atoms with van der Waals surface area (Å²) in [6.07, 6.45) is 0. The van der Waals surface area contributed by atoms with Gasteiger partial charge in [-0.1, -0.05) is 287 Å². The second kappa shape index (κ2) is 26.5. The number of hydrogen-bond acceptors (Lipinski definition) is 12. The van der Waals surface area contributed by atoms with Crippen LogP contribution in [0.2, 0.25) is 0 Å². The molecule has 0 spiro atoms. The maximum absolute atomic E-state index is 5.43. The minimum Gasteiger partial charge on any atom is -0.247 e. The first kappa shape index (κ1) is 65.8. The summed E-state index contributed by atoms with van der Waals surface area (Å²) in [6, 6.07) is 120. The average Bonchev–Trinajstić information content (AvgIpc) is 1.66. The summed E-state index contributed by atoms with van der Waals surface area (Å²) >= 11 is 2.49. The van der Waals surface area contributed by atoms with Crippen molar-refractivity contribution in [3.8, 4) is 113 Å². The summed E-state index contributed by atoms with van der Waals surface area (Å²) < 4.78 is 18.5. The van der Waals surface area contributed by atoms with Crippen LogP contribution in [-0.4, -0.2) is 47.4 Å². The van der Waals surface area contributed by atoms with Crippen molar-refractivity contribution in [3.63, 3.8) is 0 Å². The fourth-order valence-electron chi connectivity index (χ4n) is 17.1. The summed E-state index contributed by atoms with van der Waals surface area (Å²) in [5.41, 5.74) is 26.7. The van der Waals surface area contributed by atoms with Crippen molar-refractivity contribution in [2.45, 2.75) is 19.3 Å². The molecule has 1 aliphatic rings. The molecular weight excluding hydrogens is 1420 g/mol. The van der Waals surface area contributed by atoms with Crippen molar-refractivity contribution in [2.24, 2.45) is 0 Å². The fraction of sp³-hybridized carbons (Fsp3) is 0.0297. The van der Waals surface area contributed by atoms with E-state index in [4.69, 9.17) is 34.3 Å². The molecule has 0 unspecified atom stereocenters. The molecule has 23 rings (SSSR count). The van der Waals surface area contributed by atoms with Crippen molar-refractivity contribution in [3.05, 3.63) is 351 Å². The number of pyridine rings is 2. The molecule has 22 aromatic rings. The van der Waals surface area contributed by atoms with E-state index < -0.39 is 0 Å². The molecule has 6 heterocycles. The van der Waals surface area contributed by atoms with Gasteiger partial charge in [0, 0.05) is 82.2 Å². The predicted octanol–water partition coefficient (Wildman–Crippen LogP) is 26.3. The second-order valence-electron chi connectivity index (χ2n) is 29.5. The van der Waals surface area contributed by atoms with Gasteiger partial charge in [0.1, 0.15) is 22.1 Å². The van der Waals surface area contributed by atoms with Gasteiger partial charge in [0.15, 0.2) is 11.6 Å². The lowest BCUT2D eigenvalue weighted by atomic mass is 9.81. The Morgan fingerprint density at radius 1 is 0.221 bits per heavy atom. The smallest absolute Gasteiger partial charge is 0.161 e. The third-order valence-electron chi connectivity index (χ3n) is 22.7. The van der Waals surface area contributed by atoms with Crippen LogP contribution in [0.1, 0.15) is 25.0 Å². The molecule has 0 saturated heterocycles. The van der Waals surface area contributed by atoms with Gasteiger partial charge >= 0.3 is 0 Å². The van der Waals surface area contributed by atoms with E-state index in [-0.39, 0.29) is 5.41 Å². The Labute approximate surface area is 657 Å². The highest BCUT2D eigenvalue weighted by atomic mass is 32.1. The Morgan fingerprint density at radius 2 is 0.628 bits per heavy atom. The number of fused-ring (bicyclic) bond motifs is 19. The zero-order chi connectivity index (χ0) is 74.8. The minimum atomic E-state index is -0.0446. The Kier molecular flexibility index (Phi) is 15.4. The monoisotopic (exact) mass is 1480 g/mol. The second-order valence-corrected chi connectivity index (χ2v) is 30.6. The number of nitrogens with zero attached hydrogens (tertiary/aromatic N) is 10. The van der Waals surface area contributed by atoms with Gasteiger partial charge in [0.2, 0.25) is 0 Å². The van der Waals surface area contributed by atoms with Gasteiger partial charge in [-0.15, -0.1) is 0 Å². The fourth-order valence-corrected chi connectivity index (χ4v) is 18.2. The van der Waals surface area contributed by atoms with Gasteiger partial charge < -0.3 is 0 Å². The van der Waals surface area contributed by atoms with Crippen LogP contribution in [0.4, 0.5) is 0 Å². The number of para-hydroxylation sites is 2. The van der Waals surface area contributed by atoms with Crippen LogP contribution >= 0.6 is 23.5 Å². The van der Waals surface area contributed by atoms with Crippen molar-refractivity contribution < 1.29 is 0 Å². The van der Waals surface area contributed by atoms with E-state index in [0.29, 0.717) is 11.6 Å². The van der Waals surface area contributed by atoms with Crippen LogP contribution in [-0.2, 0) is 5.41 Å². The molecule has 528 valence electrons. The van der Waals surface area contributed by atoms with Crippen molar-refractivity contribution in [2.75, 3.05) is 0 Å². The highest BCUT2D eigenvalue weighted by Crippen LogP contribution is 2.50. The first-order chi connectivity index (χ1) is 55.7. The van der Waals surface area contributed by atoms with Crippen LogP contribution in [0, 0.1) is 0 Å². The lowest BCUT2D eigenvalue weighted by Gasteiger charge is -2.22. The van der Waals surface area contributed by atoms with E-state index in [9.17, 15) is 0 Å². The van der Waals surface area contributed by atoms with Crippen LogP contribution < -0.4 is 0 Å². The highest BCUT2D eigenvalue weighted by Gasteiger charge is 2.35. The molecule has 113 heavy (non-hydrogen) atoms. The predicted molar refractivity (Wildman–Crippen MR) is 468 cm³/mol. The Balaban J connectivity index is 0.000000138. The molecule has 0 radical (unpaired) electrons. The van der Waals surface area contributed by atoms with Crippen LogP contribution in [0.25, 0.3) is 221 Å². The molecule has 0 bridgehead atoms. The Hall–Kier alpha value is -14.3. The molecule has 0 aliphatic heterocycles. The standard InChI is InChI=1S/C51H29N5S.C50H33N5S/c1-3-13-34-32(11-1)27-42(38-17-7-5-15-36(34)38)47-29-46(53-51(54-47)43-28-33-12-2-4-14-35(33)37-16-6-8-18-39(37)43)30-21-23-31(24-22-30)49-41-25-26-45-50(56-57-55-45)48(41)40-19-9-10-20-44(40)52-49;1-50(2)40-14-8-6-12-36(40)37-25-24-35(28-41(37)50)30-16-18-31(19-17-30)44-29-45(53-49(52-44)34-10-4-3-5-11-34)32-20-22-33(23-21-32)47-39-26-27-43-48(55-56-54-43)46(39)38-13-7-9-15-42(38)51-47/h1-29H;3-29H,1-2H3. The van der Waals surface area contributed by atoms with E-state index in [1.165, 1.54) is 83.8 Å². The first-order valence-electron chi connectivity index (χ1n) is 37.8. The molecule has 0 atom stereocenters. The van der Waals surface area contributed by atoms with Crippen LogP contribution in [0.15, 0.2) is 340 Å². The quantitative estimate of drug-likeness (QED) is 0.129. The van der Waals surface area contributed by atoms with E-state index in [1.807, 2.05) is 42.5 Å². The SMILES string of the molecule is CC1(C)c2ccccc2-c2ccc(-c3ccc(-c4cc(-c5ccc(-c6nc7ccccc7c7c6ccc6nsnc67)cc5)nc(-c5ccccc5)n4)cc3)cc21.c1ccc2c(c1)cc(-c1cc(-c3ccc(-c4nc5ccccc5c5c4ccc4nsnc45)cc3)nc(-c3cc4ccccc4c4ccccc34)n1)c1ccccc12. The van der Waals surface area contributed by atoms with Gasteiger partial charge in [-0.05, 0) is 143 Å². The molecule has 1 aliphatic carbocycles. The highest BCUT2D eigenvalue weighted by molar-refractivity contribution is 7.00. The van der Waals surface area contributed by atoms with E-state index in [2.05, 4.69) is 324 Å². The maximum atomic E-state index is 5.43. The van der Waals surface area contributed by atoms with Gasteiger partial charge in [0.25, 0.3) is 0 Å². The van der Waals surface area contributed by atoms with E-state index >= 15 is 0 Å². The molecular formula is C101H62N10S2. The van der Waals surface area contributed by atoms with E-state index in [0.717, 1.165) is 160 Å². The lowest BCUT2D eigenvalue weighted by molar-refractivity contribution is 0.660. The largest absolute Gasteiger partial charge is 0.247 e. The zero-order valence-corrected chi connectivity index (χ0v) is 62.8. The molecule has 6 aromatic heterocycles. The number of aromatic nitrogens is 10. The number of hydrogen-bond donors (Lipinski definition) is 0. The molecule has 12 heteroatoms. The van der Waals surface area contributed by atoms with Gasteiger partial charge in [-0.25, -0.2) is 29.9 Å². The molecule has 0 N–H and O–H groups in total. The van der Waals surface area contributed by atoms with Gasteiger partial charge in [0.05, 0.1) is 68.7 Å². The third kappa shape index (κ3) is 11.1. The van der Waals surface area contributed by atoms with Crippen LogP contribution in [0.3, 0.4) is 0 Å². The van der Waals surface area contributed by atoms with Crippen LogP contribution in [0.5, 0.6) is 0 Å². The maximum Gasteiger partial charge on any atom is 0.161 e. The summed E-state index contributed by atoms with van der Waals surface area (Å²) in [5.74, 6) is 1.38. The molecule has 0 saturated carbocycles. The molecule has 0 amide bonds. The zero-order valence-electron chi connectivity index (χ0n) is 61.1. The topological polar surface area (TPSA) is 129 Å². The Morgan fingerprint density at radius 3 is 1.19 bits per heavy atom. The third-order valence-corrected chi connectivity index (χ3v) is 23.8. The summed E-state index contributed by atoms with van der Waals surface area (Å²) in [5, 5.41) is 15.9. The summed E-state index contributed by atoms with van der Waals surface area (Å²) in [4.78, 5) is 31.4. The first-order valence-corrected chi connectivity index (χ1v) is 39.3. The Bertz CT molecular complexity index is 7510. The van der Waals surface area contributed by atoms with Crippen molar-refractivity contribution >= 4 is 132 Å². The van der Waals surface area contributed by atoms with Crippen molar-refractivity contribution in [1.29, 1.82) is 0 Å².